The van der Waals surface area contributed by atoms with E-state index in [0.29, 0.717) is 6.04 Å². The minimum absolute atomic E-state index is 0.0848. The number of hydrogen-bond acceptors (Lipinski definition) is 2. The first kappa shape index (κ1) is 12.5. The summed E-state index contributed by atoms with van der Waals surface area (Å²) in [7, 11) is 0. The minimum Gasteiger partial charge on any atom is -0.367 e. The number of para-hydroxylation sites is 2. The second-order valence-electron chi connectivity index (χ2n) is 6.84. The SMILES string of the molecule is CC1=Nc2ccccc2C12Cc1ccccc1N1CCCC12. The van der Waals surface area contributed by atoms with Gasteiger partial charge in [-0.3, -0.25) is 4.99 Å². The first-order chi connectivity index (χ1) is 10.8. The predicted octanol–water partition coefficient (Wildman–Crippen LogP) is 4.26. The van der Waals surface area contributed by atoms with Gasteiger partial charge in [-0.05, 0) is 49.4 Å². The van der Waals surface area contributed by atoms with Crippen LogP contribution in [0, 0.1) is 0 Å². The zero-order valence-corrected chi connectivity index (χ0v) is 12.9. The maximum atomic E-state index is 4.95. The second-order valence-corrected chi connectivity index (χ2v) is 6.84. The standard InChI is InChI=1S/C20H20N2/c1-14-20(16-8-3-4-9-17(16)21-14)13-15-7-2-5-10-18(15)22-12-6-11-19(20)22/h2-5,7-10,19H,6,11-13H2,1H3. The first-order valence-electron chi connectivity index (χ1n) is 8.30. The number of rotatable bonds is 0. The van der Waals surface area contributed by atoms with Crippen molar-refractivity contribution in [1.82, 2.24) is 0 Å². The van der Waals surface area contributed by atoms with Crippen molar-refractivity contribution in [3.63, 3.8) is 0 Å². The Kier molecular flexibility index (Phi) is 2.39. The predicted molar refractivity (Wildman–Crippen MR) is 91.4 cm³/mol. The highest BCUT2D eigenvalue weighted by molar-refractivity contribution is 6.02. The van der Waals surface area contributed by atoms with Gasteiger partial charge in [0.1, 0.15) is 0 Å². The molecular formula is C20H20N2. The lowest BCUT2D eigenvalue weighted by Crippen LogP contribution is -2.55. The molecule has 0 N–H and O–H groups in total. The normalized spacial score (nSPS) is 28.3. The van der Waals surface area contributed by atoms with E-state index >= 15 is 0 Å². The Morgan fingerprint density at radius 3 is 2.86 bits per heavy atom. The van der Waals surface area contributed by atoms with Gasteiger partial charge < -0.3 is 4.90 Å². The Hall–Kier alpha value is -2.09. The lowest BCUT2D eigenvalue weighted by atomic mass is 9.65. The van der Waals surface area contributed by atoms with E-state index in [0.717, 1.165) is 6.42 Å². The van der Waals surface area contributed by atoms with E-state index in [1.54, 1.807) is 0 Å². The zero-order chi connectivity index (χ0) is 14.7. The van der Waals surface area contributed by atoms with Crippen molar-refractivity contribution >= 4 is 17.1 Å². The summed E-state index contributed by atoms with van der Waals surface area (Å²) >= 11 is 0. The molecule has 1 spiro atoms. The number of nitrogens with zero attached hydrogens (tertiary/aromatic N) is 2. The van der Waals surface area contributed by atoms with Gasteiger partial charge in [0, 0.05) is 24.0 Å². The van der Waals surface area contributed by atoms with E-state index in [-0.39, 0.29) is 5.41 Å². The van der Waals surface area contributed by atoms with Crippen LogP contribution in [0.3, 0.4) is 0 Å². The summed E-state index contributed by atoms with van der Waals surface area (Å²) in [4.78, 5) is 7.61. The summed E-state index contributed by atoms with van der Waals surface area (Å²) in [6, 6.07) is 18.3. The summed E-state index contributed by atoms with van der Waals surface area (Å²) in [5.74, 6) is 0. The van der Waals surface area contributed by atoms with Crippen LogP contribution in [-0.2, 0) is 11.8 Å². The molecule has 1 saturated heterocycles. The molecule has 5 rings (SSSR count). The molecule has 3 aliphatic heterocycles. The molecule has 2 aromatic carbocycles. The molecule has 1 fully saturated rings. The Morgan fingerprint density at radius 1 is 1.09 bits per heavy atom. The van der Waals surface area contributed by atoms with Crippen LogP contribution >= 0.6 is 0 Å². The summed E-state index contributed by atoms with van der Waals surface area (Å²) in [5, 5.41) is 0. The molecule has 2 atom stereocenters. The molecule has 0 saturated carbocycles. The maximum Gasteiger partial charge on any atom is 0.0671 e. The van der Waals surface area contributed by atoms with Crippen molar-refractivity contribution in [3.05, 3.63) is 59.7 Å². The van der Waals surface area contributed by atoms with Crippen LogP contribution in [0.2, 0.25) is 0 Å². The van der Waals surface area contributed by atoms with Gasteiger partial charge in [0.05, 0.1) is 11.1 Å². The number of benzene rings is 2. The molecule has 3 aliphatic rings. The Labute approximate surface area is 131 Å². The first-order valence-corrected chi connectivity index (χ1v) is 8.30. The molecule has 110 valence electrons. The number of hydrogen-bond donors (Lipinski definition) is 0. The van der Waals surface area contributed by atoms with Crippen molar-refractivity contribution in [1.29, 1.82) is 0 Å². The molecule has 0 radical (unpaired) electrons. The van der Waals surface area contributed by atoms with Crippen LogP contribution in [0.4, 0.5) is 11.4 Å². The minimum atomic E-state index is 0.0848. The summed E-state index contributed by atoms with van der Waals surface area (Å²) in [5.41, 5.74) is 6.95. The number of fused-ring (bicyclic) bond motifs is 6. The Balaban J connectivity index is 1.78. The number of anilines is 1. The van der Waals surface area contributed by atoms with Crippen molar-refractivity contribution in [2.45, 2.75) is 37.6 Å². The van der Waals surface area contributed by atoms with Gasteiger partial charge in [0.2, 0.25) is 0 Å². The van der Waals surface area contributed by atoms with Crippen LogP contribution in [-0.4, -0.2) is 18.3 Å². The topological polar surface area (TPSA) is 15.6 Å². The molecule has 3 heterocycles. The third kappa shape index (κ3) is 1.38. The highest BCUT2D eigenvalue weighted by Crippen LogP contribution is 2.53. The molecule has 0 aromatic heterocycles. The summed E-state index contributed by atoms with van der Waals surface area (Å²) < 4.78 is 0. The molecule has 22 heavy (non-hydrogen) atoms. The largest absolute Gasteiger partial charge is 0.367 e. The zero-order valence-electron chi connectivity index (χ0n) is 12.9. The van der Waals surface area contributed by atoms with Gasteiger partial charge in [0.25, 0.3) is 0 Å². The third-order valence-electron chi connectivity index (χ3n) is 5.91. The fraction of sp³-hybridized carbons (Fsp3) is 0.350. The molecule has 2 unspecified atom stereocenters. The van der Waals surface area contributed by atoms with Gasteiger partial charge in [-0.25, -0.2) is 0 Å². The van der Waals surface area contributed by atoms with Gasteiger partial charge in [-0.2, -0.15) is 0 Å². The quantitative estimate of drug-likeness (QED) is 0.707. The third-order valence-corrected chi connectivity index (χ3v) is 5.91. The lowest BCUT2D eigenvalue weighted by Gasteiger charge is -2.47. The van der Waals surface area contributed by atoms with Crippen LogP contribution in [0.25, 0.3) is 0 Å². The monoisotopic (exact) mass is 288 g/mol. The van der Waals surface area contributed by atoms with Gasteiger partial charge in [-0.15, -0.1) is 0 Å². The number of aliphatic imine (C=N–C) groups is 1. The lowest BCUT2D eigenvalue weighted by molar-refractivity contribution is 0.433. The van der Waals surface area contributed by atoms with Gasteiger partial charge in [-0.1, -0.05) is 36.4 Å². The fourth-order valence-corrected chi connectivity index (χ4v) is 4.99. The van der Waals surface area contributed by atoms with Crippen LogP contribution in [0.1, 0.15) is 30.9 Å². The van der Waals surface area contributed by atoms with Crippen molar-refractivity contribution in [2.24, 2.45) is 4.99 Å². The molecule has 2 nitrogen and oxygen atoms in total. The molecule has 0 aliphatic carbocycles. The average molecular weight is 288 g/mol. The van der Waals surface area contributed by atoms with E-state index < -0.39 is 0 Å². The smallest absolute Gasteiger partial charge is 0.0671 e. The van der Waals surface area contributed by atoms with Crippen LogP contribution in [0.15, 0.2) is 53.5 Å². The fourth-order valence-electron chi connectivity index (χ4n) is 4.99. The Morgan fingerprint density at radius 2 is 1.91 bits per heavy atom. The van der Waals surface area contributed by atoms with E-state index in [1.807, 2.05) is 0 Å². The van der Waals surface area contributed by atoms with Crippen molar-refractivity contribution < 1.29 is 0 Å². The summed E-state index contributed by atoms with van der Waals surface area (Å²) in [6.07, 6.45) is 3.66. The molecule has 0 bridgehead atoms. The highest BCUT2D eigenvalue weighted by atomic mass is 15.2. The van der Waals surface area contributed by atoms with Crippen molar-refractivity contribution in [2.75, 3.05) is 11.4 Å². The molecule has 0 amide bonds. The van der Waals surface area contributed by atoms with Gasteiger partial charge >= 0.3 is 0 Å². The molecular weight excluding hydrogens is 268 g/mol. The van der Waals surface area contributed by atoms with E-state index in [9.17, 15) is 0 Å². The second kappa shape index (κ2) is 4.22. The van der Waals surface area contributed by atoms with E-state index in [2.05, 4.69) is 60.4 Å². The van der Waals surface area contributed by atoms with E-state index in [1.165, 1.54) is 47.6 Å². The summed E-state index contributed by atoms with van der Waals surface area (Å²) in [6.45, 7) is 3.42. The highest BCUT2D eigenvalue weighted by Gasteiger charge is 2.53. The molecule has 2 heteroatoms. The van der Waals surface area contributed by atoms with Crippen LogP contribution in [0.5, 0.6) is 0 Å². The van der Waals surface area contributed by atoms with Crippen molar-refractivity contribution in [3.8, 4) is 0 Å². The maximum absolute atomic E-state index is 4.95. The van der Waals surface area contributed by atoms with Crippen LogP contribution < -0.4 is 4.90 Å². The Bertz CT molecular complexity index is 792. The van der Waals surface area contributed by atoms with E-state index in [4.69, 9.17) is 4.99 Å². The average Bonchev–Trinajstić information content (AvgIpc) is 3.13. The molecule has 2 aromatic rings. The van der Waals surface area contributed by atoms with Gasteiger partial charge in [0.15, 0.2) is 0 Å².